The Morgan fingerprint density at radius 2 is 0.727 bits per heavy atom. The summed E-state index contributed by atoms with van der Waals surface area (Å²) < 4.78 is 0. The van der Waals surface area contributed by atoms with Gasteiger partial charge in [-0.25, -0.2) is 0 Å². The molecule has 192 valence electrons. The van der Waals surface area contributed by atoms with Crippen molar-refractivity contribution in [3.8, 4) is 0 Å². The fourth-order valence-corrected chi connectivity index (χ4v) is 5.24. The first-order valence-corrected chi connectivity index (χ1v) is 15.7. The Morgan fingerprint density at radius 3 is 1.18 bits per heavy atom. The molecule has 0 saturated heterocycles. The van der Waals surface area contributed by atoms with Crippen LogP contribution in [-0.4, -0.2) is 17.6 Å². The Bertz CT molecular complexity index is 543. The minimum absolute atomic E-state index is 0.816. The molecule has 0 saturated carbocycles. The van der Waals surface area contributed by atoms with E-state index in [1.807, 2.05) is 0 Å². The van der Waals surface area contributed by atoms with Gasteiger partial charge in [0.1, 0.15) is 0 Å². The predicted molar refractivity (Wildman–Crippen MR) is 153 cm³/mol. The molecule has 0 aliphatic carbocycles. The van der Waals surface area contributed by atoms with Gasteiger partial charge in [0, 0.05) is 17.6 Å². The third-order valence-corrected chi connectivity index (χ3v) is 7.58. The van der Waals surface area contributed by atoms with Gasteiger partial charge in [0.05, 0.1) is 0 Å². The van der Waals surface area contributed by atoms with Crippen molar-refractivity contribution in [1.29, 1.82) is 0 Å². The molecule has 0 aliphatic heterocycles. The van der Waals surface area contributed by atoms with Crippen molar-refractivity contribution in [3.63, 3.8) is 0 Å². The minimum atomic E-state index is 0.816. The summed E-state index contributed by atoms with van der Waals surface area (Å²) in [6.45, 7) is 0. The van der Waals surface area contributed by atoms with Crippen LogP contribution < -0.4 is 0 Å². The molecule has 1 aromatic carbocycles. The summed E-state index contributed by atoms with van der Waals surface area (Å²) in [5, 5.41) is 0. The molecule has 3 heteroatoms. The number of hydrogen-bond acceptors (Lipinski definition) is 0. The molecule has 0 fully saturated rings. The van der Waals surface area contributed by atoms with Gasteiger partial charge in [0.25, 0.3) is 0 Å². The molecule has 0 unspecified atom stereocenters. The normalized spacial score (nSPS) is 11.4. The summed E-state index contributed by atoms with van der Waals surface area (Å²) in [5.74, 6) is 2.45. The van der Waals surface area contributed by atoms with Gasteiger partial charge in [-0.15, -0.1) is 34.8 Å². The first kappa shape index (κ1) is 31.1. The summed E-state index contributed by atoms with van der Waals surface area (Å²) in [7, 11) is 0. The van der Waals surface area contributed by atoms with E-state index in [-0.39, 0.29) is 0 Å². The highest BCUT2D eigenvalue weighted by atomic mass is 35.5. The van der Waals surface area contributed by atoms with Gasteiger partial charge in [-0.05, 0) is 74.5 Å². The van der Waals surface area contributed by atoms with E-state index in [9.17, 15) is 0 Å². The Balaban J connectivity index is 2.44. The molecular weight excluding hydrogens is 467 g/mol. The van der Waals surface area contributed by atoms with Crippen molar-refractivity contribution in [3.05, 3.63) is 34.9 Å². The highest BCUT2D eigenvalue weighted by molar-refractivity contribution is 6.18. The fourth-order valence-electron chi connectivity index (χ4n) is 4.68. The predicted octanol–water partition coefficient (Wildman–Crippen LogP) is 11.1. The van der Waals surface area contributed by atoms with Crippen LogP contribution in [0.2, 0.25) is 0 Å². The van der Waals surface area contributed by atoms with Crippen LogP contribution in [0.5, 0.6) is 0 Å². The van der Waals surface area contributed by atoms with Crippen LogP contribution in [0.25, 0.3) is 0 Å². The maximum Gasteiger partial charge on any atom is 0.0223 e. The second kappa shape index (κ2) is 23.8. The molecule has 33 heavy (non-hydrogen) atoms. The van der Waals surface area contributed by atoms with Gasteiger partial charge in [0.2, 0.25) is 0 Å². The zero-order valence-corrected chi connectivity index (χ0v) is 23.6. The average Bonchev–Trinajstić information content (AvgIpc) is 2.83. The van der Waals surface area contributed by atoms with E-state index < -0.39 is 0 Å². The quantitative estimate of drug-likeness (QED) is 0.0944. The van der Waals surface area contributed by atoms with Crippen LogP contribution >= 0.6 is 34.8 Å². The number of alkyl halides is 3. The third-order valence-electron chi connectivity index (χ3n) is 6.78. The zero-order valence-electron chi connectivity index (χ0n) is 21.3. The lowest BCUT2D eigenvalue weighted by atomic mass is 9.93. The maximum atomic E-state index is 5.80. The Hall–Kier alpha value is 0.0900. The lowest BCUT2D eigenvalue weighted by Gasteiger charge is -2.13. The van der Waals surface area contributed by atoms with E-state index in [1.165, 1.54) is 135 Å². The van der Waals surface area contributed by atoms with Gasteiger partial charge in [0.15, 0.2) is 0 Å². The van der Waals surface area contributed by atoms with E-state index in [2.05, 4.69) is 18.2 Å². The molecule has 0 aliphatic rings. The summed E-state index contributed by atoms with van der Waals surface area (Å²) in [6, 6.07) is 7.43. The lowest BCUT2D eigenvalue weighted by molar-refractivity contribution is 0.599. The highest BCUT2D eigenvalue weighted by Crippen LogP contribution is 2.21. The monoisotopic (exact) mass is 516 g/mol. The molecule has 0 bridgehead atoms. The molecule has 0 aromatic heterocycles. The van der Waals surface area contributed by atoms with Crippen molar-refractivity contribution in [1.82, 2.24) is 0 Å². The van der Waals surface area contributed by atoms with Crippen LogP contribution in [0.4, 0.5) is 0 Å². The maximum absolute atomic E-state index is 5.80. The summed E-state index contributed by atoms with van der Waals surface area (Å²) >= 11 is 17.4. The zero-order chi connectivity index (χ0) is 23.8. The van der Waals surface area contributed by atoms with Gasteiger partial charge >= 0.3 is 0 Å². The first-order valence-electron chi connectivity index (χ1n) is 14.1. The molecule has 1 aromatic rings. The summed E-state index contributed by atoms with van der Waals surface area (Å²) in [5.41, 5.74) is 4.80. The molecule has 0 spiro atoms. The van der Waals surface area contributed by atoms with Crippen molar-refractivity contribution in [2.45, 2.75) is 135 Å². The van der Waals surface area contributed by atoms with Crippen LogP contribution in [0.1, 0.15) is 132 Å². The number of rotatable bonds is 24. The molecule has 0 nitrogen and oxygen atoms in total. The Labute approximate surface area is 221 Å². The number of benzene rings is 1. The number of hydrogen-bond donors (Lipinski definition) is 0. The van der Waals surface area contributed by atoms with Crippen molar-refractivity contribution >= 4 is 34.8 Å². The molecular formula is C30H51Cl3. The number of aryl methyl sites for hydroxylation is 3. The molecule has 0 radical (unpaired) electrons. The van der Waals surface area contributed by atoms with Crippen LogP contribution in [0.15, 0.2) is 18.2 Å². The summed E-state index contributed by atoms with van der Waals surface area (Å²) in [6.07, 6.45) is 27.3. The molecule has 0 N–H and O–H groups in total. The summed E-state index contributed by atoms with van der Waals surface area (Å²) in [4.78, 5) is 0. The number of halogens is 3. The SMILES string of the molecule is ClCCCCCCCCc1ccc(CCCCCCCCCl)c(CCCCCCCCCl)c1. The fraction of sp³-hybridized carbons (Fsp3) is 0.800. The van der Waals surface area contributed by atoms with E-state index >= 15 is 0 Å². The highest BCUT2D eigenvalue weighted by Gasteiger charge is 2.06. The molecule has 0 amide bonds. The second-order valence-electron chi connectivity index (χ2n) is 9.78. The Morgan fingerprint density at radius 1 is 0.364 bits per heavy atom. The van der Waals surface area contributed by atoms with Gasteiger partial charge in [-0.2, -0.15) is 0 Å². The van der Waals surface area contributed by atoms with Crippen LogP contribution in [0, 0.1) is 0 Å². The number of unbranched alkanes of at least 4 members (excludes halogenated alkanes) is 15. The topological polar surface area (TPSA) is 0 Å². The first-order chi connectivity index (χ1) is 16.3. The Kier molecular flexibility index (Phi) is 22.5. The van der Waals surface area contributed by atoms with E-state index in [0.29, 0.717) is 0 Å². The smallest absolute Gasteiger partial charge is 0.0223 e. The van der Waals surface area contributed by atoms with Gasteiger partial charge in [-0.1, -0.05) is 95.2 Å². The van der Waals surface area contributed by atoms with Crippen molar-refractivity contribution < 1.29 is 0 Å². The molecule has 1 rings (SSSR count). The van der Waals surface area contributed by atoms with E-state index in [1.54, 1.807) is 16.7 Å². The van der Waals surface area contributed by atoms with Crippen LogP contribution in [0.3, 0.4) is 0 Å². The van der Waals surface area contributed by atoms with Crippen LogP contribution in [-0.2, 0) is 19.3 Å². The molecule has 0 heterocycles. The standard InChI is InChI=1S/C30H51Cl3/c31-24-16-10-4-1-7-13-19-28-22-23-29(20-14-8-2-5-11-17-25-32)30(27-28)21-15-9-3-6-12-18-26-33/h22-23,27H,1-21,24-26H2. The average molecular weight is 518 g/mol. The van der Waals surface area contributed by atoms with Gasteiger partial charge in [-0.3, -0.25) is 0 Å². The second-order valence-corrected chi connectivity index (χ2v) is 10.9. The third kappa shape index (κ3) is 18.1. The molecule has 0 atom stereocenters. The van der Waals surface area contributed by atoms with Crippen molar-refractivity contribution in [2.24, 2.45) is 0 Å². The van der Waals surface area contributed by atoms with Gasteiger partial charge < -0.3 is 0 Å². The lowest BCUT2D eigenvalue weighted by Crippen LogP contribution is -1.98. The van der Waals surface area contributed by atoms with E-state index in [0.717, 1.165) is 17.6 Å². The minimum Gasteiger partial charge on any atom is -0.127 e. The largest absolute Gasteiger partial charge is 0.127 e. The van der Waals surface area contributed by atoms with Crippen molar-refractivity contribution in [2.75, 3.05) is 17.6 Å². The van der Waals surface area contributed by atoms with E-state index in [4.69, 9.17) is 34.8 Å².